The number of nitrogens with zero attached hydrogens (tertiary/aromatic N) is 2. The molecule has 1 aliphatic heterocycles. The summed E-state index contributed by atoms with van der Waals surface area (Å²) in [5, 5.41) is 0. The molecule has 1 aromatic carbocycles. The molecule has 0 N–H and O–H groups in total. The molecular weight excluding hydrogens is 344 g/mol. The zero-order valence-electron chi connectivity index (χ0n) is 16.7. The van der Waals surface area contributed by atoms with E-state index in [1.54, 1.807) is 4.90 Å². The second-order valence-electron chi connectivity index (χ2n) is 8.55. The molecule has 0 aromatic heterocycles. The van der Waals surface area contributed by atoms with Crippen molar-refractivity contribution >= 4 is 12.0 Å². The van der Waals surface area contributed by atoms with Crippen LogP contribution in [-0.2, 0) is 4.74 Å². The molecule has 0 bridgehead atoms. The Morgan fingerprint density at radius 1 is 1.11 bits per heavy atom. The molecule has 2 amide bonds. The van der Waals surface area contributed by atoms with E-state index in [1.165, 1.54) is 12.8 Å². The molecular formula is C21H30N2O4. The van der Waals surface area contributed by atoms with Crippen molar-refractivity contribution in [2.24, 2.45) is 5.92 Å². The van der Waals surface area contributed by atoms with E-state index in [2.05, 4.69) is 0 Å². The number of ether oxygens (including phenoxy) is 2. The van der Waals surface area contributed by atoms with Crippen LogP contribution in [0.4, 0.5) is 4.79 Å². The molecule has 2 aliphatic rings. The van der Waals surface area contributed by atoms with Crippen molar-refractivity contribution in [3.8, 4) is 5.75 Å². The molecule has 1 saturated carbocycles. The third-order valence-electron chi connectivity index (χ3n) is 4.82. The summed E-state index contributed by atoms with van der Waals surface area (Å²) in [7, 11) is 0. The minimum atomic E-state index is -0.517. The van der Waals surface area contributed by atoms with Gasteiger partial charge in [0.05, 0.1) is 6.61 Å². The second kappa shape index (κ2) is 7.79. The van der Waals surface area contributed by atoms with E-state index in [4.69, 9.17) is 9.47 Å². The Bertz CT molecular complexity index is 676. The third-order valence-corrected chi connectivity index (χ3v) is 4.82. The van der Waals surface area contributed by atoms with E-state index in [9.17, 15) is 9.59 Å². The molecule has 0 radical (unpaired) electrons. The first-order valence-corrected chi connectivity index (χ1v) is 9.75. The van der Waals surface area contributed by atoms with Crippen LogP contribution in [0.3, 0.4) is 0 Å². The topological polar surface area (TPSA) is 59.1 Å². The van der Waals surface area contributed by atoms with Gasteiger partial charge in [0.15, 0.2) is 0 Å². The van der Waals surface area contributed by atoms with Crippen LogP contribution in [0.2, 0.25) is 0 Å². The zero-order valence-corrected chi connectivity index (χ0v) is 16.7. The van der Waals surface area contributed by atoms with Crippen LogP contribution in [-0.4, -0.2) is 59.7 Å². The number of hydrogen-bond donors (Lipinski definition) is 0. The average Bonchev–Trinajstić information content (AvgIpc) is 3.43. The Labute approximate surface area is 161 Å². The number of piperazine rings is 1. The highest BCUT2D eigenvalue weighted by Crippen LogP contribution is 2.29. The number of benzene rings is 1. The summed E-state index contributed by atoms with van der Waals surface area (Å²) < 4.78 is 11.2. The lowest BCUT2D eigenvalue weighted by molar-refractivity contribution is 0.00617. The maximum atomic E-state index is 12.9. The summed E-state index contributed by atoms with van der Waals surface area (Å²) in [5.74, 6) is 1.50. The molecule has 1 aliphatic carbocycles. The molecule has 6 heteroatoms. The first kappa shape index (κ1) is 19.5. The summed E-state index contributed by atoms with van der Waals surface area (Å²) in [6.45, 7) is 9.74. The highest BCUT2D eigenvalue weighted by molar-refractivity contribution is 5.94. The average molecular weight is 374 g/mol. The minimum Gasteiger partial charge on any atom is -0.493 e. The van der Waals surface area contributed by atoms with Crippen molar-refractivity contribution in [3.63, 3.8) is 0 Å². The van der Waals surface area contributed by atoms with Gasteiger partial charge < -0.3 is 19.3 Å². The maximum Gasteiger partial charge on any atom is 0.410 e. The van der Waals surface area contributed by atoms with Crippen LogP contribution in [0.15, 0.2) is 24.3 Å². The fourth-order valence-corrected chi connectivity index (χ4v) is 3.11. The quantitative estimate of drug-likeness (QED) is 0.809. The Morgan fingerprint density at radius 3 is 2.33 bits per heavy atom. The Kier molecular flexibility index (Phi) is 5.63. The lowest BCUT2D eigenvalue weighted by Gasteiger charge is -2.40. The number of rotatable bonds is 4. The molecule has 3 rings (SSSR count). The van der Waals surface area contributed by atoms with Crippen LogP contribution >= 0.6 is 0 Å². The van der Waals surface area contributed by atoms with Crippen molar-refractivity contribution < 1.29 is 19.1 Å². The fourth-order valence-electron chi connectivity index (χ4n) is 3.11. The van der Waals surface area contributed by atoms with Gasteiger partial charge in [-0.1, -0.05) is 0 Å². The van der Waals surface area contributed by atoms with Crippen LogP contribution in [0.5, 0.6) is 5.75 Å². The van der Waals surface area contributed by atoms with Crippen LogP contribution in [0.1, 0.15) is 50.9 Å². The van der Waals surface area contributed by atoms with Gasteiger partial charge in [-0.15, -0.1) is 0 Å². The summed E-state index contributed by atoms with van der Waals surface area (Å²) in [6.07, 6.45) is 2.19. The fraction of sp³-hybridized carbons (Fsp3) is 0.619. The van der Waals surface area contributed by atoms with Crippen LogP contribution in [0, 0.1) is 5.92 Å². The molecule has 1 heterocycles. The van der Waals surface area contributed by atoms with E-state index in [-0.39, 0.29) is 18.0 Å². The first-order chi connectivity index (χ1) is 12.7. The number of carbonyl (C=O) groups excluding carboxylic acids is 2. The van der Waals surface area contributed by atoms with Gasteiger partial charge in [0.25, 0.3) is 5.91 Å². The highest BCUT2D eigenvalue weighted by atomic mass is 16.6. The largest absolute Gasteiger partial charge is 0.493 e. The Hall–Kier alpha value is -2.24. The van der Waals surface area contributed by atoms with Crippen LogP contribution < -0.4 is 4.74 Å². The standard InChI is InChI=1S/C21H30N2O4/c1-15-13-22(20(25)27-21(2,3)4)11-12-23(15)19(24)17-7-9-18(10-8-17)26-14-16-5-6-16/h7-10,15-16H,5-6,11-14H2,1-4H3/t15-/m1/s1. The second-order valence-corrected chi connectivity index (χ2v) is 8.55. The van der Waals surface area contributed by atoms with E-state index in [0.29, 0.717) is 31.1 Å². The SMILES string of the molecule is C[C@@H]1CN(C(=O)OC(C)(C)C)CCN1C(=O)c1ccc(OCC2CC2)cc1. The van der Waals surface area contributed by atoms with Gasteiger partial charge >= 0.3 is 6.09 Å². The van der Waals surface area contributed by atoms with Crippen molar-refractivity contribution in [2.45, 2.75) is 52.2 Å². The van der Waals surface area contributed by atoms with E-state index < -0.39 is 5.60 Å². The van der Waals surface area contributed by atoms with Gasteiger partial charge in [0.1, 0.15) is 11.4 Å². The van der Waals surface area contributed by atoms with Crippen molar-refractivity contribution in [1.82, 2.24) is 9.80 Å². The lowest BCUT2D eigenvalue weighted by atomic mass is 10.1. The number of amides is 2. The smallest absolute Gasteiger partial charge is 0.410 e. The minimum absolute atomic E-state index is 0.0138. The predicted octanol–water partition coefficient (Wildman–Crippen LogP) is 3.56. The maximum absolute atomic E-state index is 12.9. The van der Waals surface area contributed by atoms with Gasteiger partial charge in [-0.05, 0) is 70.7 Å². The van der Waals surface area contributed by atoms with Crippen molar-refractivity contribution in [1.29, 1.82) is 0 Å². The normalized spacial score (nSPS) is 20.4. The first-order valence-electron chi connectivity index (χ1n) is 9.75. The number of hydrogen-bond acceptors (Lipinski definition) is 4. The Morgan fingerprint density at radius 2 is 1.78 bits per heavy atom. The molecule has 6 nitrogen and oxygen atoms in total. The molecule has 0 unspecified atom stereocenters. The van der Waals surface area contributed by atoms with Crippen LogP contribution in [0.25, 0.3) is 0 Å². The van der Waals surface area contributed by atoms with E-state index >= 15 is 0 Å². The van der Waals surface area contributed by atoms with Crippen molar-refractivity contribution in [3.05, 3.63) is 29.8 Å². The zero-order chi connectivity index (χ0) is 19.6. The highest BCUT2D eigenvalue weighted by Gasteiger charge is 2.32. The van der Waals surface area contributed by atoms with E-state index in [0.717, 1.165) is 12.4 Å². The molecule has 27 heavy (non-hydrogen) atoms. The molecule has 1 saturated heterocycles. The number of carbonyl (C=O) groups is 2. The Balaban J connectivity index is 1.55. The summed E-state index contributed by atoms with van der Waals surface area (Å²) in [6, 6.07) is 7.29. The molecule has 2 fully saturated rings. The molecule has 0 spiro atoms. The van der Waals surface area contributed by atoms with Crippen molar-refractivity contribution in [2.75, 3.05) is 26.2 Å². The third kappa shape index (κ3) is 5.37. The van der Waals surface area contributed by atoms with Gasteiger partial charge in [-0.3, -0.25) is 4.79 Å². The monoisotopic (exact) mass is 374 g/mol. The molecule has 1 aromatic rings. The predicted molar refractivity (Wildman–Crippen MR) is 103 cm³/mol. The van der Waals surface area contributed by atoms with Gasteiger partial charge in [-0.25, -0.2) is 4.79 Å². The summed E-state index contributed by atoms with van der Waals surface area (Å²) in [5.41, 5.74) is 0.127. The van der Waals surface area contributed by atoms with Gasteiger partial charge in [-0.2, -0.15) is 0 Å². The van der Waals surface area contributed by atoms with Gasteiger partial charge in [0, 0.05) is 31.2 Å². The van der Waals surface area contributed by atoms with Gasteiger partial charge in [0.2, 0.25) is 0 Å². The molecule has 1 atom stereocenters. The molecule has 148 valence electrons. The van der Waals surface area contributed by atoms with E-state index in [1.807, 2.05) is 56.9 Å². The summed E-state index contributed by atoms with van der Waals surface area (Å²) >= 11 is 0. The summed E-state index contributed by atoms with van der Waals surface area (Å²) in [4.78, 5) is 28.6. The lowest BCUT2D eigenvalue weighted by Crippen LogP contribution is -2.56.